The third-order valence-electron chi connectivity index (χ3n) is 3.73. The predicted molar refractivity (Wildman–Crippen MR) is 83.1 cm³/mol. The Labute approximate surface area is 125 Å². The van der Waals surface area contributed by atoms with E-state index in [4.69, 9.17) is 0 Å². The molecule has 1 aromatic carbocycles. The van der Waals surface area contributed by atoms with E-state index in [1.54, 1.807) is 12.4 Å². The summed E-state index contributed by atoms with van der Waals surface area (Å²) in [6.07, 6.45) is 3.54. The second kappa shape index (κ2) is 7.31. The molecular formula is C17H22N2O2. The monoisotopic (exact) mass is 286 g/mol. The van der Waals surface area contributed by atoms with Crippen molar-refractivity contribution in [2.45, 2.75) is 25.9 Å². The average molecular weight is 286 g/mol. The van der Waals surface area contributed by atoms with Crippen LogP contribution in [0.1, 0.15) is 28.3 Å². The maximum atomic E-state index is 9.33. The summed E-state index contributed by atoms with van der Waals surface area (Å²) < 4.78 is 0. The van der Waals surface area contributed by atoms with E-state index in [2.05, 4.69) is 42.3 Å². The number of aliphatic hydroxyl groups excluding tert-OH is 2. The first-order valence-corrected chi connectivity index (χ1v) is 7.10. The maximum Gasteiger partial charge on any atom is 0.0607 e. The van der Waals surface area contributed by atoms with E-state index in [9.17, 15) is 10.2 Å². The molecule has 3 N–H and O–H groups in total. The summed E-state index contributed by atoms with van der Waals surface area (Å²) in [4.78, 5) is 4.17. The number of nitrogens with one attached hydrogen (secondary N) is 1. The van der Waals surface area contributed by atoms with Crippen LogP contribution in [0.2, 0.25) is 0 Å². The number of nitrogens with zero attached hydrogens (tertiary/aromatic N) is 1. The van der Waals surface area contributed by atoms with E-state index in [-0.39, 0.29) is 25.3 Å². The van der Waals surface area contributed by atoms with Gasteiger partial charge in [0.15, 0.2) is 0 Å². The first-order valence-electron chi connectivity index (χ1n) is 7.10. The fourth-order valence-corrected chi connectivity index (χ4v) is 2.27. The van der Waals surface area contributed by atoms with Gasteiger partial charge < -0.3 is 10.2 Å². The lowest BCUT2D eigenvalue weighted by Crippen LogP contribution is -2.39. The number of aromatic nitrogens is 1. The Morgan fingerprint density at radius 2 is 1.81 bits per heavy atom. The predicted octanol–water partition coefficient (Wildman–Crippen LogP) is 1.73. The molecule has 1 heterocycles. The summed E-state index contributed by atoms with van der Waals surface area (Å²) in [7, 11) is 0. The molecule has 2 aromatic rings. The summed E-state index contributed by atoms with van der Waals surface area (Å²) in [5.74, 6) is 0. The molecule has 0 amide bonds. The lowest BCUT2D eigenvalue weighted by Gasteiger charge is -2.24. The molecule has 0 aliphatic rings. The van der Waals surface area contributed by atoms with Gasteiger partial charge in [0.2, 0.25) is 0 Å². The number of hydrogen-bond acceptors (Lipinski definition) is 4. The zero-order valence-electron chi connectivity index (χ0n) is 12.5. The highest BCUT2D eigenvalue weighted by molar-refractivity contribution is 5.36. The van der Waals surface area contributed by atoms with Gasteiger partial charge in [0.25, 0.3) is 0 Å². The largest absolute Gasteiger partial charge is 0.395 e. The molecule has 21 heavy (non-hydrogen) atoms. The molecule has 0 unspecified atom stereocenters. The molecule has 112 valence electrons. The number of benzene rings is 1. The standard InChI is InChI=1S/C17H22N2O2/c1-12-5-6-14(8-13(12)2)17(19-16(10-20)11-21)15-4-3-7-18-9-15/h3-9,16-17,19-21H,10-11H2,1-2H3/t17-/m0/s1. The molecule has 0 bridgehead atoms. The molecule has 0 spiro atoms. The molecule has 4 heteroatoms. The maximum absolute atomic E-state index is 9.33. The third-order valence-corrected chi connectivity index (χ3v) is 3.73. The number of rotatable bonds is 6. The van der Waals surface area contributed by atoms with Crippen LogP contribution in [0.25, 0.3) is 0 Å². The summed E-state index contributed by atoms with van der Waals surface area (Å²) >= 11 is 0. The van der Waals surface area contributed by atoms with Gasteiger partial charge in [-0.25, -0.2) is 0 Å². The molecular weight excluding hydrogens is 264 g/mol. The molecule has 1 aromatic heterocycles. The Bertz CT molecular complexity index is 568. The van der Waals surface area contributed by atoms with Crippen molar-refractivity contribution in [2.75, 3.05) is 13.2 Å². The summed E-state index contributed by atoms with van der Waals surface area (Å²) in [5, 5.41) is 22.0. The minimum Gasteiger partial charge on any atom is -0.395 e. The van der Waals surface area contributed by atoms with Crippen LogP contribution in [0.5, 0.6) is 0 Å². The van der Waals surface area contributed by atoms with Crippen LogP contribution in [-0.2, 0) is 0 Å². The van der Waals surface area contributed by atoms with Gasteiger partial charge in [0, 0.05) is 12.4 Å². The lowest BCUT2D eigenvalue weighted by molar-refractivity contribution is 0.165. The molecule has 0 saturated heterocycles. The SMILES string of the molecule is Cc1ccc([C@H](NC(CO)CO)c2cccnc2)cc1C. The van der Waals surface area contributed by atoms with Crippen LogP contribution in [0.3, 0.4) is 0 Å². The average Bonchev–Trinajstić information content (AvgIpc) is 2.52. The minimum atomic E-state index is -0.364. The summed E-state index contributed by atoms with van der Waals surface area (Å²) in [6.45, 7) is 3.93. The van der Waals surface area contributed by atoms with Crippen molar-refractivity contribution < 1.29 is 10.2 Å². The van der Waals surface area contributed by atoms with Gasteiger partial charge >= 0.3 is 0 Å². The Morgan fingerprint density at radius 1 is 1.05 bits per heavy atom. The molecule has 2 rings (SSSR count). The van der Waals surface area contributed by atoms with E-state index in [1.807, 2.05) is 12.1 Å². The van der Waals surface area contributed by atoms with Crippen molar-refractivity contribution in [1.29, 1.82) is 0 Å². The van der Waals surface area contributed by atoms with Crippen LogP contribution in [0, 0.1) is 13.8 Å². The molecule has 1 atom stereocenters. The smallest absolute Gasteiger partial charge is 0.0607 e. The molecule has 0 aliphatic heterocycles. The normalized spacial score (nSPS) is 12.6. The van der Waals surface area contributed by atoms with Gasteiger partial charge in [-0.1, -0.05) is 24.3 Å². The van der Waals surface area contributed by atoms with Crippen molar-refractivity contribution in [3.63, 3.8) is 0 Å². The topological polar surface area (TPSA) is 65.4 Å². The third kappa shape index (κ3) is 3.88. The van der Waals surface area contributed by atoms with E-state index in [0.717, 1.165) is 11.1 Å². The van der Waals surface area contributed by atoms with Crippen LogP contribution in [0.15, 0.2) is 42.7 Å². The van der Waals surface area contributed by atoms with Crippen LogP contribution in [-0.4, -0.2) is 34.5 Å². The molecule has 0 saturated carbocycles. The summed E-state index contributed by atoms with van der Waals surface area (Å²) in [5.41, 5.74) is 4.56. The van der Waals surface area contributed by atoms with Crippen LogP contribution >= 0.6 is 0 Å². The minimum absolute atomic E-state index is 0.109. The van der Waals surface area contributed by atoms with E-state index >= 15 is 0 Å². The zero-order chi connectivity index (χ0) is 15.2. The first-order chi connectivity index (χ1) is 10.2. The van der Waals surface area contributed by atoms with Crippen molar-refractivity contribution in [2.24, 2.45) is 0 Å². The van der Waals surface area contributed by atoms with Crippen molar-refractivity contribution >= 4 is 0 Å². The molecule has 0 radical (unpaired) electrons. The van der Waals surface area contributed by atoms with Crippen molar-refractivity contribution in [3.8, 4) is 0 Å². The fraction of sp³-hybridized carbons (Fsp3) is 0.353. The molecule has 0 fully saturated rings. The number of aliphatic hydroxyl groups is 2. The highest BCUT2D eigenvalue weighted by atomic mass is 16.3. The Kier molecular flexibility index (Phi) is 5.44. The second-order valence-corrected chi connectivity index (χ2v) is 5.29. The van der Waals surface area contributed by atoms with Crippen LogP contribution in [0.4, 0.5) is 0 Å². The first kappa shape index (κ1) is 15.6. The highest BCUT2D eigenvalue weighted by Gasteiger charge is 2.18. The van der Waals surface area contributed by atoms with Crippen molar-refractivity contribution in [3.05, 3.63) is 65.0 Å². The number of hydrogen-bond donors (Lipinski definition) is 3. The summed E-state index contributed by atoms with van der Waals surface area (Å²) in [6, 6.07) is 9.69. The highest BCUT2D eigenvalue weighted by Crippen LogP contribution is 2.24. The van der Waals surface area contributed by atoms with Gasteiger partial charge in [0.1, 0.15) is 0 Å². The number of pyridine rings is 1. The van der Waals surface area contributed by atoms with E-state index < -0.39 is 0 Å². The Hall–Kier alpha value is -1.75. The van der Waals surface area contributed by atoms with Gasteiger partial charge in [-0.3, -0.25) is 10.3 Å². The quantitative estimate of drug-likeness (QED) is 0.756. The van der Waals surface area contributed by atoms with Gasteiger partial charge in [-0.2, -0.15) is 0 Å². The van der Waals surface area contributed by atoms with E-state index in [1.165, 1.54) is 11.1 Å². The second-order valence-electron chi connectivity index (χ2n) is 5.29. The molecule has 0 aliphatic carbocycles. The van der Waals surface area contributed by atoms with Crippen molar-refractivity contribution in [1.82, 2.24) is 10.3 Å². The van der Waals surface area contributed by atoms with E-state index in [0.29, 0.717) is 0 Å². The molecule has 4 nitrogen and oxygen atoms in total. The zero-order valence-corrected chi connectivity index (χ0v) is 12.5. The van der Waals surface area contributed by atoms with Crippen LogP contribution < -0.4 is 5.32 Å². The number of aryl methyl sites for hydroxylation is 2. The Balaban J connectivity index is 2.37. The van der Waals surface area contributed by atoms with Gasteiger partial charge in [-0.05, 0) is 42.2 Å². The fourth-order valence-electron chi connectivity index (χ4n) is 2.27. The lowest BCUT2D eigenvalue weighted by atomic mass is 9.96. The van der Waals surface area contributed by atoms with Gasteiger partial charge in [0.05, 0.1) is 25.3 Å². The van der Waals surface area contributed by atoms with Gasteiger partial charge in [-0.15, -0.1) is 0 Å². The Morgan fingerprint density at radius 3 is 2.38 bits per heavy atom.